The first-order chi connectivity index (χ1) is 8.08. The molecule has 0 aromatic carbocycles. The Bertz CT molecular complexity index is 115. The van der Waals surface area contributed by atoms with Crippen LogP contribution in [-0.4, -0.2) is 21.7 Å². The summed E-state index contributed by atoms with van der Waals surface area (Å²) >= 11 is 9.31. The van der Waals surface area contributed by atoms with E-state index < -0.39 is 0 Å². The van der Waals surface area contributed by atoms with Crippen LogP contribution in [0.15, 0.2) is 0 Å². The Labute approximate surface area is 135 Å². The lowest BCUT2D eigenvalue weighted by Crippen LogP contribution is -1.95. The fraction of sp³-hybridized carbons (Fsp3) is 1.00. The van der Waals surface area contributed by atoms with Gasteiger partial charge in [0.15, 0.2) is 0 Å². The van der Waals surface area contributed by atoms with Crippen LogP contribution in [0.1, 0.15) is 59.3 Å². The molecule has 0 amide bonds. The molecule has 0 aromatic rings. The molecule has 0 rings (SSSR count). The maximum Gasteiger partial charge on any atom is 0.369 e. The van der Waals surface area contributed by atoms with Crippen molar-refractivity contribution in [3.8, 4) is 0 Å². The van der Waals surface area contributed by atoms with Crippen molar-refractivity contribution in [1.82, 2.24) is 0 Å². The fourth-order valence-corrected chi connectivity index (χ4v) is 4.44. The summed E-state index contributed by atoms with van der Waals surface area (Å²) in [6.45, 7) is 6.94. The topological polar surface area (TPSA) is 0 Å². The standard InChI is InChI=1S/C12H27P.BBr3/c1-4-7-10-13(11-8-5-2)12-9-6-3;2-1(3)4/h4-12H2,1-3H3;. The average Bonchev–Trinajstić information content (AvgIpc) is 2.27. The van der Waals surface area contributed by atoms with Gasteiger partial charge in [-0.2, -0.15) is 0 Å². The van der Waals surface area contributed by atoms with Crippen molar-refractivity contribution < 1.29 is 0 Å². The molecule has 0 heterocycles. The van der Waals surface area contributed by atoms with E-state index in [2.05, 4.69) is 68.0 Å². The second kappa shape index (κ2) is 17.9. The minimum Gasteiger partial charge on any atom is -0.123 e. The highest BCUT2D eigenvalue weighted by Gasteiger charge is 2.05. The molecule has 0 aliphatic rings. The summed E-state index contributed by atoms with van der Waals surface area (Å²) in [6.07, 6.45) is 13.2. The predicted molar refractivity (Wildman–Crippen MR) is 98.8 cm³/mol. The normalized spacial score (nSPS) is 10.1. The van der Waals surface area contributed by atoms with Gasteiger partial charge in [-0.15, -0.1) is 55.2 Å². The molecule has 0 fully saturated rings. The molecule has 0 radical (unpaired) electrons. The summed E-state index contributed by atoms with van der Waals surface area (Å²) in [5.41, 5.74) is 0. The largest absolute Gasteiger partial charge is 0.369 e. The third-order valence-electron chi connectivity index (χ3n) is 2.48. The highest BCUT2D eigenvalue weighted by atomic mass is 79.9. The lowest BCUT2D eigenvalue weighted by molar-refractivity contribution is 0.847. The van der Waals surface area contributed by atoms with Crippen molar-refractivity contribution in [2.75, 3.05) is 18.5 Å². The van der Waals surface area contributed by atoms with Crippen molar-refractivity contribution in [2.24, 2.45) is 0 Å². The van der Waals surface area contributed by atoms with E-state index in [4.69, 9.17) is 0 Å². The maximum absolute atomic E-state index is 3.10. The fourth-order valence-electron chi connectivity index (χ4n) is 1.48. The highest BCUT2D eigenvalue weighted by molar-refractivity contribution is 9.69. The highest BCUT2D eigenvalue weighted by Crippen LogP contribution is 2.38. The van der Waals surface area contributed by atoms with E-state index in [-0.39, 0.29) is 3.18 Å². The first kappa shape index (κ1) is 21.2. The first-order valence-electron chi connectivity index (χ1n) is 6.72. The van der Waals surface area contributed by atoms with Crippen molar-refractivity contribution >= 4 is 58.4 Å². The van der Waals surface area contributed by atoms with Crippen LogP contribution in [0.3, 0.4) is 0 Å². The number of unbranched alkanes of at least 4 members (excludes halogenated alkanes) is 3. The number of rotatable bonds is 9. The van der Waals surface area contributed by atoms with Crippen molar-refractivity contribution in [3.63, 3.8) is 0 Å². The van der Waals surface area contributed by atoms with Crippen LogP contribution in [-0.2, 0) is 0 Å². The van der Waals surface area contributed by atoms with Gasteiger partial charge in [-0.3, -0.25) is 0 Å². The third kappa shape index (κ3) is 23.5. The van der Waals surface area contributed by atoms with E-state index in [0.29, 0.717) is 7.92 Å². The van der Waals surface area contributed by atoms with Crippen LogP contribution in [0, 0.1) is 0 Å². The summed E-state index contributed by atoms with van der Waals surface area (Å²) in [5.74, 6) is 0. The van der Waals surface area contributed by atoms with Gasteiger partial charge in [-0.25, -0.2) is 0 Å². The molecule has 104 valence electrons. The molecule has 0 N–H and O–H groups in total. The molecule has 0 spiro atoms. The van der Waals surface area contributed by atoms with E-state index in [9.17, 15) is 0 Å². The van der Waals surface area contributed by atoms with Gasteiger partial charge in [-0.05, 0) is 37.7 Å². The smallest absolute Gasteiger partial charge is 0.123 e. The molecular weight excluding hydrogens is 426 g/mol. The summed E-state index contributed by atoms with van der Waals surface area (Å²) in [7, 11) is 0.422. The van der Waals surface area contributed by atoms with Gasteiger partial charge in [-0.1, -0.05) is 40.0 Å². The summed E-state index contributed by atoms with van der Waals surface area (Å²) in [6, 6.07) is 0. The minimum atomic E-state index is 0.271. The molecule has 0 nitrogen and oxygen atoms in total. The van der Waals surface area contributed by atoms with E-state index >= 15 is 0 Å². The number of hydrogen-bond acceptors (Lipinski definition) is 0. The molecule has 0 saturated carbocycles. The van der Waals surface area contributed by atoms with Crippen LogP contribution in [0.5, 0.6) is 0 Å². The Kier molecular flexibility index (Phi) is 22.4. The monoisotopic (exact) mass is 450 g/mol. The molecule has 0 bridgehead atoms. The molecule has 17 heavy (non-hydrogen) atoms. The second-order valence-corrected chi connectivity index (χ2v) is 13.3. The predicted octanol–water partition coefficient (Wildman–Crippen LogP) is 7.02. The van der Waals surface area contributed by atoms with E-state index in [1.807, 2.05) is 0 Å². The van der Waals surface area contributed by atoms with Crippen molar-refractivity contribution in [3.05, 3.63) is 0 Å². The lowest BCUT2D eigenvalue weighted by Gasteiger charge is -2.16. The molecule has 0 unspecified atom stereocenters. The molecular formula is C12H27BBr3P. The number of hydrogen-bond donors (Lipinski definition) is 0. The Morgan fingerprint density at radius 2 is 0.941 bits per heavy atom. The van der Waals surface area contributed by atoms with Gasteiger partial charge < -0.3 is 0 Å². The van der Waals surface area contributed by atoms with Crippen LogP contribution in [0.25, 0.3) is 0 Å². The Morgan fingerprint density at radius 1 is 0.706 bits per heavy atom. The summed E-state index contributed by atoms with van der Waals surface area (Å²) in [5, 5.41) is 0. The molecule has 0 aliphatic heterocycles. The van der Waals surface area contributed by atoms with Gasteiger partial charge >= 0.3 is 3.18 Å². The molecule has 5 heteroatoms. The quantitative estimate of drug-likeness (QED) is 0.260. The zero-order valence-corrected chi connectivity index (χ0v) is 17.2. The van der Waals surface area contributed by atoms with Gasteiger partial charge in [0.2, 0.25) is 0 Å². The van der Waals surface area contributed by atoms with E-state index in [1.165, 1.54) is 38.5 Å². The molecule has 0 saturated heterocycles. The number of halogens is 3. The zero-order valence-electron chi connectivity index (χ0n) is 11.5. The van der Waals surface area contributed by atoms with E-state index in [0.717, 1.165) is 0 Å². The Morgan fingerprint density at radius 3 is 1.12 bits per heavy atom. The van der Waals surface area contributed by atoms with Crippen LogP contribution in [0.2, 0.25) is 0 Å². The minimum absolute atomic E-state index is 0.271. The van der Waals surface area contributed by atoms with Gasteiger partial charge in [0.1, 0.15) is 0 Å². The SMILES string of the molecule is BrB(Br)Br.CCCCP(CCCC)CCCC. The van der Waals surface area contributed by atoms with Crippen molar-refractivity contribution in [1.29, 1.82) is 0 Å². The van der Waals surface area contributed by atoms with Crippen LogP contribution < -0.4 is 0 Å². The van der Waals surface area contributed by atoms with Gasteiger partial charge in [0, 0.05) is 0 Å². The lowest BCUT2D eigenvalue weighted by atomic mass is 10.4. The van der Waals surface area contributed by atoms with Crippen molar-refractivity contribution in [2.45, 2.75) is 59.3 Å². The third-order valence-corrected chi connectivity index (χ3v) is 5.33. The summed E-state index contributed by atoms with van der Waals surface area (Å²) < 4.78 is 0.271. The Balaban J connectivity index is 0. The van der Waals surface area contributed by atoms with Crippen LogP contribution >= 0.6 is 55.2 Å². The van der Waals surface area contributed by atoms with Gasteiger partial charge in [0.05, 0.1) is 0 Å². The van der Waals surface area contributed by atoms with Crippen LogP contribution in [0.4, 0.5) is 0 Å². The summed E-state index contributed by atoms with van der Waals surface area (Å²) in [4.78, 5) is 0. The first-order valence-corrected chi connectivity index (χ1v) is 11.4. The average molecular weight is 453 g/mol. The Hall–Kier alpha value is 1.93. The molecule has 0 aromatic heterocycles. The molecule has 0 atom stereocenters. The van der Waals surface area contributed by atoms with E-state index in [1.54, 1.807) is 18.5 Å². The van der Waals surface area contributed by atoms with Gasteiger partial charge in [0.25, 0.3) is 0 Å². The molecule has 0 aliphatic carbocycles. The maximum atomic E-state index is 3.10. The second-order valence-electron chi connectivity index (χ2n) is 4.15. The zero-order chi connectivity index (χ0) is 13.5.